The molecule has 6 rings (SSSR count). The highest BCUT2D eigenvalue weighted by molar-refractivity contribution is 8.00. The highest BCUT2D eigenvalue weighted by Crippen LogP contribution is 2.53. The van der Waals surface area contributed by atoms with Crippen LogP contribution in [-0.2, 0) is 23.0 Å². The first-order valence-electron chi connectivity index (χ1n) is 13.4. The first kappa shape index (κ1) is 26.4. The summed E-state index contributed by atoms with van der Waals surface area (Å²) in [5.74, 6) is 3.85. The summed E-state index contributed by atoms with van der Waals surface area (Å²) in [5, 5.41) is 8.59. The van der Waals surface area contributed by atoms with Crippen LogP contribution in [0.25, 0.3) is 11.8 Å². The molecule has 1 aromatic carbocycles. The Labute approximate surface area is 233 Å². The van der Waals surface area contributed by atoms with Crippen LogP contribution in [0.15, 0.2) is 71.7 Å². The number of pyridine rings is 1. The number of allylic oxidation sites excluding steroid dienone is 1. The van der Waals surface area contributed by atoms with E-state index in [2.05, 4.69) is 27.1 Å². The number of aromatic nitrogens is 5. The van der Waals surface area contributed by atoms with Crippen LogP contribution in [0.3, 0.4) is 0 Å². The average molecular weight is 558 g/mol. The van der Waals surface area contributed by atoms with Crippen LogP contribution in [0, 0.1) is 24.1 Å². The Kier molecular flexibility index (Phi) is 6.37. The molecule has 1 saturated carbocycles. The molecule has 0 bridgehead atoms. The van der Waals surface area contributed by atoms with Crippen molar-refractivity contribution in [1.82, 2.24) is 24.5 Å². The van der Waals surface area contributed by atoms with Gasteiger partial charge in [-0.25, -0.2) is 9.07 Å². The van der Waals surface area contributed by atoms with Gasteiger partial charge < -0.3 is 0 Å². The molecule has 2 aliphatic rings. The Balaban J connectivity index is 1.43. The molecule has 9 heteroatoms. The lowest BCUT2D eigenvalue weighted by atomic mass is 9.58. The third-order valence-electron chi connectivity index (χ3n) is 8.70. The molecule has 0 amide bonds. The standard InChI is InChI=1S/C31H32FN5O2S/c1-20-11-12-33-28(13-20)30(38)31-15-22(21(2)40(4,39)27-18-34-36(3)19-27)5-6-24(31)14-29-23(16-31)17-35-37(29)26-9-7-25(32)8-10-26/h7-14,17-19,21-22H,4-6,15-16H2,1-3H3/t21-,22-,31+,40?/m0/s1. The summed E-state index contributed by atoms with van der Waals surface area (Å²) in [6.07, 6.45) is 11.5. The van der Waals surface area contributed by atoms with Crippen molar-refractivity contribution in [1.29, 1.82) is 0 Å². The van der Waals surface area contributed by atoms with E-state index in [9.17, 15) is 13.4 Å². The van der Waals surface area contributed by atoms with Crippen LogP contribution < -0.4 is 0 Å². The minimum absolute atomic E-state index is 0.00445. The molecular weight excluding hydrogens is 525 g/mol. The van der Waals surface area contributed by atoms with Gasteiger partial charge in [0.25, 0.3) is 0 Å². The van der Waals surface area contributed by atoms with Gasteiger partial charge in [-0.3, -0.25) is 18.7 Å². The monoisotopic (exact) mass is 557 g/mol. The third kappa shape index (κ3) is 4.33. The number of Topliss-reactive ketones (excluding diaryl/α,β-unsaturated/α-hetero) is 1. The van der Waals surface area contributed by atoms with Gasteiger partial charge in [-0.2, -0.15) is 10.2 Å². The van der Waals surface area contributed by atoms with Crippen molar-refractivity contribution in [3.8, 4) is 5.69 Å². The van der Waals surface area contributed by atoms with Gasteiger partial charge in [0.2, 0.25) is 0 Å². The predicted molar refractivity (Wildman–Crippen MR) is 154 cm³/mol. The molecule has 0 aliphatic heterocycles. The molecule has 3 heterocycles. The molecule has 4 atom stereocenters. The van der Waals surface area contributed by atoms with Crippen molar-refractivity contribution in [2.75, 3.05) is 0 Å². The van der Waals surface area contributed by atoms with Crippen LogP contribution in [0.1, 0.15) is 53.5 Å². The van der Waals surface area contributed by atoms with E-state index in [1.54, 1.807) is 53.3 Å². The zero-order valence-electron chi connectivity index (χ0n) is 22.9. The lowest BCUT2D eigenvalue weighted by Crippen LogP contribution is -2.45. The molecule has 0 saturated heterocycles. The van der Waals surface area contributed by atoms with Crippen LogP contribution in [0.5, 0.6) is 0 Å². The molecule has 7 nitrogen and oxygen atoms in total. The summed E-state index contributed by atoms with van der Waals surface area (Å²) in [6, 6.07) is 9.97. The van der Waals surface area contributed by atoms with E-state index in [1.165, 1.54) is 12.1 Å². The number of hydrogen-bond donors (Lipinski definition) is 0. The van der Waals surface area contributed by atoms with Crippen molar-refractivity contribution < 1.29 is 13.4 Å². The molecule has 3 aromatic heterocycles. The summed E-state index contributed by atoms with van der Waals surface area (Å²) in [5.41, 5.74) is 4.24. The van der Waals surface area contributed by atoms with Gasteiger partial charge in [0, 0.05) is 34.2 Å². The number of fused-ring (bicyclic) bond motifs is 2. The molecule has 206 valence electrons. The van der Waals surface area contributed by atoms with E-state index in [0.717, 1.165) is 34.5 Å². The van der Waals surface area contributed by atoms with Crippen molar-refractivity contribution >= 4 is 27.3 Å². The summed E-state index contributed by atoms with van der Waals surface area (Å²) in [4.78, 5) is 19.6. The minimum Gasteiger partial charge on any atom is -0.291 e. The van der Waals surface area contributed by atoms with Crippen LogP contribution in [0.2, 0.25) is 0 Å². The normalized spacial score (nSPS) is 22.5. The van der Waals surface area contributed by atoms with Gasteiger partial charge in [-0.05, 0) is 98.0 Å². The fraction of sp³-hybridized carbons (Fsp3) is 0.323. The minimum atomic E-state index is -2.65. The maximum absolute atomic E-state index is 14.5. The maximum Gasteiger partial charge on any atom is 0.191 e. The van der Waals surface area contributed by atoms with E-state index >= 15 is 0 Å². The fourth-order valence-electron chi connectivity index (χ4n) is 6.34. The molecule has 1 unspecified atom stereocenters. The van der Waals surface area contributed by atoms with Gasteiger partial charge in [-0.15, -0.1) is 0 Å². The Morgan fingerprint density at radius 1 is 1.20 bits per heavy atom. The summed E-state index contributed by atoms with van der Waals surface area (Å²) >= 11 is 0. The number of hydrogen-bond acceptors (Lipinski definition) is 5. The molecule has 0 radical (unpaired) electrons. The number of carbonyl (C=O) groups is 1. The first-order chi connectivity index (χ1) is 19.1. The number of nitrogens with zero attached hydrogens (tertiary/aromatic N) is 5. The SMILES string of the molecule is C=S(=O)(c1cnn(C)c1)[C@@H](C)[C@H]1CCC2=Cc3c(cnn3-c3ccc(F)cc3)C[C@]2(C(=O)c2cc(C)ccn2)C1. The van der Waals surface area contributed by atoms with Crippen LogP contribution in [-0.4, -0.2) is 45.7 Å². The number of rotatable bonds is 6. The van der Waals surface area contributed by atoms with Gasteiger partial charge in [0.15, 0.2) is 5.78 Å². The molecule has 0 N–H and O–H groups in total. The fourth-order valence-corrected chi connectivity index (χ4v) is 8.18. The molecule has 2 aliphatic carbocycles. The third-order valence-corrected chi connectivity index (χ3v) is 11.3. The van der Waals surface area contributed by atoms with Crippen LogP contribution >= 0.6 is 0 Å². The topological polar surface area (TPSA) is 82.7 Å². The Morgan fingerprint density at radius 3 is 2.67 bits per heavy atom. The van der Waals surface area contributed by atoms with Crippen molar-refractivity contribution in [3.63, 3.8) is 0 Å². The first-order valence-corrected chi connectivity index (χ1v) is 15.2. The highest BCUT2D eigenvalue weighted by atomic mass is 32.2. The molecule has 1 fully saturated rings. The van der Waals surface area contributed by atoms with E-state index < -0.39 is 14.9 Å². The van der Waals surface area contributed by atoms with Crippen LogP contribution in [0.4, 0.5) is 4.39 Å². The Bertz CT molecular complexity index is 1750. The van der Waals surface area contributed by atoms with E-state index in [0.29, 0.717) is 29.9 Å². The molecule has 4 aromatic rings. The van der Waals surface area contributed by atoms with Gasteiger partial charge in [0.1, 0.15) is 11.5 Å². The molecule has 40 heavy (non-hydrogen) atoms. The number of aryl methyl sites for hydroxylation is 2. The predicted octanol–water partition coefficient (Wildman–Crippen LogP) is 5.22. The number of ketones is 1. The van der Waals surface area contributed by atoms with E-state index in [1.807, 2.05) is 26.0 Å². The summed E-state index contributed by atoms with van der Waals surface area (Å²) < 4.78 is 31.1. The summed E-state index contributed by atoms with van der Waals surface area (Å²) in [6.45, 7) is 3.95. The second-order valence-corrected chi connectivity index (χ2v) is 13.9. The van der Waals surface area contributed by atoms with Gasteiger partial charge in [0.05, 0.1) is 34.1 Å². The van der Waals surface area contributed by atoms with Gasteiger partial charge in [-0.1, -0.05) is 12.5 Å². The lowest BCUT2D eigenvalue weighted by molar-refractivity contribution is 0.0754. The van der Waals surface area contributed by atoms with Crippen molar-refractivity contribution in [3.05, 3.63) is 95.1 Å². The van der Waals surface area contributed by atoms with Crippen molar-refractivity contribution in [2.45, 2.75) is 49.7 Å². The van der Waals surface area contributed by atoms with E-state index in [-0.39, 0.29) is 22.8 Å². The Morgan fingerprint density at radius 2 is 1.98 bits per heavy atom. The highest BCUT2D eigenvalue weighted by Gasteiger charge is 2.51. The average Bonchev–Trinajstić information content (AvgIpc) is 3.57. The van der Waals surface area contributed by atoms with Crippen molar-refractivity contribution in [2.24, 2.45) is 18.4 Å². The number of halogens is 1. The quantitative estimate of drug-likeness (QED) is 0.240. The van der Waals surface area contributed by atoms with E-state index in [4.69, 9.17) is 0 Å². The molecule has 0 spiro atoms. The zero-order chi connectivity index (χ0) is 28.2. The Hall–Kier alpha value is -3.85. The lowest BCUT2D eigenvalue weighted by Gasteiger charge is -2.45. The molecular formula is C31H32FN5O2S. The second kappa shape index (κ2) is 9.66. The summed E-state index contributed by atoms with van der Waals surface area (Å²) in [7, 11) is -0.851. The maximum atomic E-state index is 14.5. The second-order valence-electron chi connectivity index (χ2n) is 11.2. The smallest absolute Gasteiger partial charge is 0.191 e. The van der Waals surface area contributed by atoms with Gasteiger partial charge >= 0.3 is 0 Å². The number of carbonyl (C=O) groups excluding carboxylic acids is 1. The zero-order valence-corrected chi connectivity index (χ0v) is 23.7. The number of benzene rings is 1. The largest absolute Gasteiger partial charge is 0.291 e.